The Kier molecular flexibility index (Phi) is 6.49. The Balaban J connectivity index is 1.63. The van der Waals surface area contributed by atoms with E-state index in [2.05, 4.69) is 4.99 Å². The molecule has 0 aromatic heterocycles. The molecule has 0 saturated heterocycles. The molecule has 0 spiro atoms. The predicted molar refractivity (Wildman–Crippen MR) is 131 cm³/mol. The lowest BCUT2D eigenvalue weighted by atomic mass is 9.76. The molecule has 176 valence electrons. The molecule has 1 amide bonds. The first kappa shape index (κ1) is 24.3. The highest BCUT2D eigenvalue weighted by atomic mass is 35.5. The molecule has 0 saturated carbocycles. The lowest BCUT2D eigenvalue weighted by molar-refractivity contribution is -0.183. The third-order valence-corrected chi connectivity index (χ3v) is 6.64. The molecule has 0 radical (unpaired) electrons. The number of aryl methyl sites for hydroxylation is 1. The molecule has 3 nitrogen and oxygen atoms in total. The van der Waals surface area contributed by atoms with Gasteiger partial charge in [0, 0.05) is 40.5 Å². The van der Waals surface area contributed by atoms with Crippen LogP contribution >= 0.6 is 23.2 Å². The lowest BCUT2D eigenvalue weighted by Gasteiger charge is -2.31. The van der Waals surface area contributed by atoms with Gasteiger partial charge in [0.05, 0.1) is 6.54 Å². The van der Waals surface area contributed by atoms with Gasteiger partial charge in [0.1, 0.15) is 5.41 Å². The summed E-state index contributed by atoms with van der Waals surface area (Å²) in [5, 5.41) is 0.279. The minimum atomic E-state index is -4.56. The second-order valence-corrected chi connectivity index (χ2v) is 9.28. The molecule has 1 aliphatic rings. The summed E-state index contributed by atoms with van der Waals surface area (Å²) < 4.78 is 43.0. The van der Waals surface area contributed by atoms with E-state index in [4.69, 9.17) is 23.2 Å². The summed E-state index contributed by atoms with van der Waals surface area (Å²) >= 11 is 12.0. The number of para-hydroxylation sites is 1. The first-order chi connectivity index (χ1) is 16.0. The van der Waals surface area contributed by atoms with Gasteiger partial charge in [-0.25, -0.2) is 0 Å². The van der Waals surface area contributed by atoms with Gasteiger partial charge in [-0.3, -0.25) is 9.79 Å². The van der Waals surface area contributed by atoms with Gasteiger partial charge in [0.15, 0.2) is 0 Å². The number of nitrogens with zero attached hydrogens (tertiary/aromatic N) is 2. The van der Waals surface area contributed by atoms with E-state index in [1.165, 1.54) is 23.1 Å². The largest absolute Gasteiger partial charge is 0.400 e. The fraction of sp³-hybridized carbons (Fsp3) is 0.231. The highest BCUT2D eigenvalue weighted by Crippen LogP contribution is 2.48. The molecule has 0 N–H and O–H groups in total. The summed E-state index contributed by atoms with van der Waals surface area (Å²) in [6, 6.07) is 18.2. The second-order valence-electron chi connectivity index (χ2n) is 8.41. The van der Waals surface area contributed by atoms with Crippen molar-refractivity contribution in [3.63, 3.8) is 0 Å². The van der Waals surface area contributed by atoms with Crippen LogP contribution in [-0.2, 0) is 5.41 Å². The number of alkyl halides is 3. The average Bonchev–Trinajstić information content (AvgIpc) is 3.25. The zero-order valence-corrected chi connectivity index (χ0v) is 20.0. The molecule has 3 aromatic carbocycles. The zero-order chi connectivity index (χ0) is 24.7. The number of benzene rings is 3. The van der Waals surface area contributed by atoms with E-state index in [0.717, 1.165) is 5.69 Å². The van der Waals surface area contributed by atoms with Crippen molar-refractivity contribution >= 4 is 40.5 Å². The molecule has 8 heteroatoms. The topological polar surface area (TPSA) is 32.7 Å². The SMILES string of the molecule is Cc1cc(C2=NCC(c3cc(Cl)cc(Cl)c3)(C(F)(F)F)C2)ccc1C(=O)N(C)c1ccccc1. The maximum Gasteiger partial charge on any atom is 0.400 e. The minimum absolute atomic E-state index is 0.00995. The van der Waals surface area contributed by atoms with Gasteiger partial charge in [-0.2, -0.15) is 13.2 Å². The van der Waals surface area contributed by atoms with Crippen molar-refractivity contribution < 1.29 is 18.0 Å². The van der Waals surface area contributed by atoms with Crippen molar-refractivity contribution in [1.29, 1.82) is 0 Å². The highest BCUT2D eigenvalue weighted by molar-refractivity contribution is 6.34. The third kappa shape index (κ3) is 4.44. The van der Waals surface area contributed by atoms with Crippen molar-refractivity contribution in [2.24, 2.45) is 4.99 Å². The highest BCUT2D eigenvalue weighted by Gasteiger charge is 2.58. The van der Waals surface area contributed by atoms with Crippen LogP contribution in [0.15, 0.2) is 71.7 Å². The quantitative estimate of drug-likeness (QED) is 0.367. The van der Waals surface area contributed by atoms with Gasteiger partial charge in [-0.15, -0.1) is 0 Å². The van der Waals surface area contributed by atoms with Gasteiger partial charge < -0.3 is 4.90 Å². The van der Waals surface area contributed by atoms with E-state index in [1.54, 1.807) is 32.2 Å². The molecule has 34 heavy (non-hydrogen) atoms. The van der Waals surface area contributed by atoms with E-state index in [9.17, 15) is 18.0 Å². The summed E-state index contributed by atoms with van der Waals surface area (Å²) in [4.78, 5) is 18.8. The Morgan fingerprint density at radius 1 is 1.00 bits per heavy atom. The zero-order valence-electron chi connectivity index (χ0n) is 18.5. The van der Waals surface area contributed by atoms with E-state index in [1.807, 2.05) is 30.3 Å². The molecule has 4 rings (SSSR count). The van der Waals surface area contributed by atoms with Crippen LogP contribution in [0.4, 0.5) is 18.9 Å². The van der Waals surface area contributed by atoms with Gasteiger partial charge >= 0.3 is 6.18 Å². The van der Waals surface area contributed by atoms with Crippen molar-refractivity contribution in [3.05, 3.63) is 99.0 Å². The van der Waals surface area contributed by atoms with Crippen molar-refractivity contribution in [2.45, 2.75) is 24.9 Å². The van der Waals surface area contributed by atoms with E-state index >= 15 is 0 Å². The number of hydrogen-bond donors (Lipinski definition) is 0. The molecule has 1 heterocycles. The van der Waals surface area contributed by atoms with Gasteiger partial charge in [-0.05, 0) is 66.1 Å². The summed E-state index contributed by atoms with van der Waals surface area (Å²) in [6.45, 7) is 1.30. The molecule has 0 fully saturated rings. The standard InChI is InChI=1S/C26H21Cl2F3N2O/c1-16-10-17(8-9-22(16)24(34)33(2)21-6-4-3-5-7-21)23-14-25(15-32-23,26(29,30)31)18-11-19(27)13-20(28)12-18/h3-13H,14-15H2,1-2H3. The monoisotopic (exact) mass is 504 g/mol. The van der Waals surface area contributed by atoms with E-state index < -0.39 is 18.1 Å². The summed E-state index contributed by atoms with van der Waals surface area (Å²) in [5.74, 6) is -0.207. The van der Waals surface area contributed by atoms with Crippen LogP contribution in [0, 0.1) is 6.92 Å². The second kappa shape index (κ2) is 9.08. The Bertz CT molecular complexity index is 1250. The lowest BCUT2D eigenvalue weighted by Crippen LogP contribution is -2.43. The number of amides is 1. The summed E-state index contributed by atoms with van der Waals surface area (Å²) in [5.41, 5.74) is 0.520. The molecule has 1 unspecified atom stereocenters. The van der Waals surface area contributed by atoms with Gasteiger partial charge in [0.25, 0.3) is 5.91 Å². The first-order valence-electron chi connectivity index (χ1n) is 10.5. The Morgan fingerprint density at radius 2 is 1.65 bits per heavy atom. The van der Waals surface area contributed by atoms with Crippen LogP contribution in [0.1, 0.15) is 33.5 Å². The smallest absolute Gasteiger partial charge is 0.311 e. The maximum atomic E-state index is 14.3. The van der Waals surface area contributed by atoms with Crippen LogP contribution in [0.3, 0.4) is 0 Å². The molecule has 1 atom stereocenters. The van der Waals surface area contributed by atoms with E-state index in [0.29, 0.717) is 22.4 Å². The van der Waals surface area contributed by atoms with Crippen LogP contribution in [0.5, 0.6) is 0 Å². The Morgan fingerprint density at radius 3 is 2.24 bits per heavy atom. The number of anilines is 1. The normalized spacial score (nSPS) is 18.0. The summed E-state index contributed by atoms with van der Waals surface area (Å²) in [7, 11) is 1.68. The van der Waals surface area contributed by atoms with Crippen LogP contribution in [0.2, 0.25) is 10.0 Å². The first-order valence-corrected chi connectivity index (χ1v) is 11.3. The molecular formula is C26H21Cl2F3N2O. The van der Waals surface area contributed by atoms with Crippen molar-refractivity contribution in [2.75, 3.05) is 18.5 Å². The molecule has 0 aliphatic carbocycles. The number of carbonyl (C=O) groups excluding carboxylic acids is 1. The number of carbonyl (C=O) groups is 1. The number of aliphatic imine (C=N–C) groups is 1. The Labute approximate surface area is 205 Å². The molecule has 1 aliphatic heterocycles. The predicted octanol–water partition coefficient (Wildman–Crippen LogP) is 7.27. The van der Waals surface area contributed by atoms with Crippen molar-refractivity contribution in [1.82, 2.24) is 0 Å². The fourth-order valence-electron chi connectivity index (χ4n) is 4.23. The minimum Gasteiger partial charge on any atom is -0.311 e. The van der Waals surface area contributed by atoms with Gasteiger partial charge in [-0.1, -0.05) is 47.5 Å². The third-order valence-electron chi connectivity index (χ3n) is 6.20. The van der Waals surface area contributed by atoms with E-state index in [-0.39, 0.29) is 27.9 Å². The average molecular weight is 505 g/mol. The molecule has 0 bridgehead atoms. The Hall–Kier alpha value is -2.83. The number of halogens is 5. The van der Waals surface area contributed by atoms with Crippen LogP contribution in [0.25, 0.3) is 0 Å². The van der Waals surface area contributed by atoms with Crippen molar-refractivity contribution in [3.8, 4) is 0 Å². The number of rotatable bonds is 4. The maximum absolute atomic E-state index is 14.3. The molecule has 3 aromatic rings. The van der Waals surface area contributed by atoms with Crippen LogP contribution < -0.4 is 4.90 Å². The molecular weight excluding hydrogens is 484 g/mol. The number of hydrogen-bond acceptors (Lipinski definition) is 2. The fourth-order valence-corrected chi connectivity index (χ4v) is 4.76. The van der Waals surface area contributed by atoms with Crippen LogP contribution in [-0.4, -0.2) is 31.4 Å². The van der Waals surface area contributed by atoms with Gasteiger partial charge in [0.2, 0.25) is 0 Å². The summed E-state index contributed by atoms with van der Waals surface area (Å²) in [6.07, 6.45) is -4.90.